The number of halogens is 1. The summed E-state index contributed by atoms with van der Waals surface area (Å²) < 4.78 is 2.13. The number of aromatic amines is 1. The lowest BCUT2D eigenvalue weighted by Crippen LogP contribution is -2.04. The normalized spacial score (nSPS) is 10.4. The van der Waals surface area contributed by atoms with Crippen LogP contribution < -0.4 is 0 Å². The Hall–Kier alpha value is -3.10. The molecule has 0 fully saturated rings. The summed E-state index contributed by atoms with van der Waals surface area (Å²) in [5, 5.41) is 10.00. The lowest BCUT2D eigenvalue weighted by Gasteiger charge is -2.08. The van der Waals surface area contributed by atoms with Gasteiger partial charge in [-0.2, -0.15) is 5.26 Å². The molecule has 0 aliphatic heterocycles. The van der Waals surface area contributed by atoms with Gasteiger partial charge < -0.3 is 9.55 Å². The van der Waals surface area contributed by atoms with Crippen molar-refractivity contribution in [2.24, 2.45) is 0 Å². The molecule has 1 N–H and O–H groups in total. The molecule has 4 aromatic rings. The Morgan fingerprint density at radius 2 is 2.00 bits per heavy atom. The summed E-state index contributed by atoms with van der Waals surface area (Å²) in [6, 6.07) is 15.9. The van der Waals surface area contributed by atoms with Crippen LogP contribution in [0.15, 0.2) is 61.2 Å². The highest BCUT2D eigenvalue weighted by molar-refractivity contribution is 5.85. The van der Waals surface area contributed by atoms with Crippen LogP contribution in [0, 0.1) is 11.3 Å². The topological polar surface area (TPSA) is 70.3 Å². The molecule has 0 spiro atoms. The number of nitrogens with zero attached hydrogens (tertiary/aromatic N) is 4. The Balaban J connectivity index is 0.00000182. The summed E-state index contributed by atoms with van der Waals surface area (Å²) in [7, 11) is 0. The Bertz CT molecular complexity index is 991. The highest BCUT2D eigenvalue weighted by atomic mass is 35.5. The van der Waals surface area contributed by atoms with Gasteiger partial charge in [0.1, 0.15) is 5.65 Å². The number of H-pyrrole nitrogens is 1. The van der Waals surface area contributed by atoms with E-state index >= 15 is 0 Å². The van der Waals surface area contributed by atoms with Crippen molar-refractivity contribution in [2.45, 2.75) is 13.0 Å². The van der Waals surface area contributed by atoms with Gasteiger partial charge in [-0.1, -0.05) is 12.1 Å². The first-order valence-electron chi connectivity index (χ1n) is 7.72. The number of imidazole rings is 1. The molecule has 0 saturated carbocycles. The van der Waals surface area contributed by atoms with Crippen LogP contribution in [0.5, 0.6) is 0 Å². The summed E-state index contributed by atoms with van der Waals surface area (Å²) in [5.74, 6) is 0. The van der Waals surface area contributed by atoms with Gasteiger partial charge in [-0.15, -0.1) is 12.4 Å². The van der Waals surface area contributed by atoms with Crippen LogP contribution in [0.4, 0.5) is 0 Å². The fourth-order valence-corrected chi connectivity index (χ4v) is 2.82. The van der Waals surface area contributed by atoms with Crippen molar-refractivity contribution >= 4 is 23.4 Å². The lowest BCUT2D eigenvalue weighted by molar-refractivity contribution is 0.750. The zero-order valence-corrected chi connectivity index (χ0v) is 14.2. The van der Waals surface area contributed by atoms with Crippen LogP contribution in [-0.4, -0.2) is 19.5 Å². The molecule has 1 aromatic carbocycles. The van der Waals surface area contributed by atoms with Crippen molar-refractivity contribution < 1.29 is 0 Å². The highest BCUT2D eigenvalue weighted by Gasteiger charge is 2.07. The van der Waals surface area contributed by atoms with Gasteiger partial charge in [0.15, 0.2) is 0 Å². The zero-order valence-electron chi connectivity index (χ0n) is 13.4. The average Bonchev–Trinajstić information content (AvgIpc) is 3.22. The minimum absolute atomic E-state index is 0. The van der Waals surface area contributed by atoms with E-state index in [0.29, 0.717) is 5.56 Å². The maximum absolute atomic E-state index is 8.88. The van der Waals surface area contributed by atoms with E-state index in [1.54, 1.807) is 6.20 Å². The summed E-state index contributed by atoms with van der Waals surface area (Å²) in [6.07, 6.45) is 6.29. The molecule has 124 valence electrons. The standard InChI is InChI=1S/C19H15N5.ClH/c20-10-14-3-5-15(6-4-14)12-24-13-21-11-18(24)9-17-8-16-2-1-7-22-19(16)23-17;/h1-8,11,13H,9,12H2,(H,22,23);1H. The molecular weight excluding hydrogens is 334 g/mol. The van der Waals surface area contributed by atoms with E-state index < -0.39 is 0 Å². The number of hydrogen-bond acceptors (Lipinski definition) is 3. The number of hydrogen-bond donors (Lipinski definition) is 1. The van der Waals surface area contributed by atoms with E-state index in [1.807, 2.05) is 42.9 Å². The maximum Gasteiger partial charge on any atom is 0.137 e. The second-order valence-corrected chi connectivity index (χ2v) is 5.73. The molecule has 0 aliphatic rings. The van der Waals surface area contributed by atoms with E-state index in [2.05, 4.69) is 37.7 Å². The smallest absolute Gasteiger partial charge is 0.137 e. The molecule has 0 amide bonds. The summed E-state index contributed by atoms with van der Waals surface area (Å²) in [5.41, 5.74) is 4.98. The van der Waals surface area contributed by atoms with Gasteiger partial charge in [0, 0.05) is 42.1 Å². The maximum atomic E-state index is 8.88. The van der Waals surface area contributed by atoms with E-state index in [-0.39, 0.29) is 12.4 Å². The molecule has 0 bridgehead atoms. The van der Waals surface area contributed by atoms with Gasteiger partial charge >= 0.3 is 0 Å². The quantitative estimate of drug-likeness (QED) is 0.610. The molecule has 4 rings (SSSR count). The van der Waals surface area contributed by atoms with Crippen molar-refractivity contribution in [2.75, 3.05) is 0 Å². The second-order valence-electron chi connectivity index (χ2n) is 5.73. The molecule has 3 heterocycles. The van der Waals surface area contributed by atoms with Gasteiger partial charge in [0.25, 0.3) is 0 Å². The molecule has 0 atom stereocenters. The van der Waals surface area contributed by atoms with Crippen molar-refractivity contribution in [1.82, 2.24) is 19.5 Å². The molecule has 0 unspecified atom stereocenters. The molecule has 3 aromatic heterocycles. The number of nitriles is 1. The predicted octanol–water partition coefficient (Wildman–Crippen LogP) is 3.69. The first kappa shape index (κ1) is 16.7. The number of nitrogens with one attached hydrogen (secondary N) is 1. The van der Waals surface area contributed by atoms with E-state index in [4.69, 9.17) is 5.26 Å². The van der Waals surface area contributed by atoms with Gasteiger partial charge in [-0.25, -0.2) is 9.97 Å². The SMILES string of the molecule is Cl.N#Cc1ccc(Cn2cncc2Cc2cc3cccnc3[nH]2)cc1. The fourth-order valence-electron chi connectivity index (χ4n) is 2.82. The second kappa shape index (κ2) is 7.20. The monoisotopic (exact) mass is 349 g/mol. The van der Waals surface area contributed by atoms with Crippen molar-refractivity contribution in [3.63, 3.8) is 0 Å². The molecular formula is C19H16ClN5. The summed E-state index contributed by atoms with van der Waals surface area (Å²) in [4.78, 5) is 12.0. The van der Waals surface area contributed by atoms with Crippen LogP contribution in [0.2, 0.25) is 0 Å². The first-order chi connectivity index (χ1) is 11.8. The predicted molar refractivity (Wildman–Crippen MR) is 98.6 cm³/mol. The number of pyridine rings is 1. The summed E-state index contributed by atoms with van der Waals surface area (Å²) in [6.45, 7) is 0.736. The van der Waals surface area contributed by atoms with Crippen molar-refractivity contribution in [3.8, 4) is 6.07 Å². The molecule has 0 aliphatic carbocycles. The van der Waals surface area contributed by atoms with Gasteiger partial charge in [-0.3, -0.25) is 0 Å². The molecule has 5 nitrogen and oxygen atoms in total. The van der Waals surface area contributed by atoms with Crippen LogP contribution in [0.25, 0.3) is 11.0 Å². The lowest BCUT2D eigenvalue weighted by atomic mass is 10.1. The van der Waals surface area contributed by atoms with Gasteiger partial charge in [-0.05, 0) is 35.9 Å². The van der Waals surface area contributed by atoms with E-state index in [0.717, 1.165) is 41.0 Å². The number of benzene rings is 1. The molecule has 6 heteroatoms. The van der Waals surface area contributed by atoms with Gasteiger partial charge in [0.2, 0.25) is 0 Å². The molecule has 0 saturated heterocycles. The Labute approximate surface area is 151 Å². The van der Waals surface area contributed by atoms with E-state index in [9.17, 15) is 0 Å². The Morgan fingerprint density at radius 1 is 1.16 bits per heavy atom. The third-order valence-corrected chi connectivity index (χ3v) is 4.05. The number of rotatable bonds is 4. The minimum Gasteiger partial charge on any atom is -0.343 e. The van der Waals surface area contributed by atoms with Gasteiger partial charge in [0.05, 0.1) is 18.0 Å². The third kappa shape index (κ3) is 3.54. The fraction of sp³-hybridized carbons (Fsp3) is 0.105. The number of fused-ring (bicyclic) bond motifs is 1. The van der Waals surface area contributed by atoms with Crippen LogP contribution in [0.3, 0.4) is 0 Å². The summed E-state index contributed by atoms with van der Waals surface area (Å²) >= 11 is 0. The van der Waals surface area contributed by atoms with Crippen LogP contribution in [0.1, 0.15) is 22.5 Å². The highest BCUT2D eigenvalue weighted by Crippen LogP contribution is 2.16. The molecule has 25 heavy (non-hydrogen) atoms. The third-order valence-electron chi connectivity index (χ3n) is 4.05. The molecule has 0 radical (unpaired) electrons. The largest absolute Gasteiger partial charge is 0.343 e. The average molecular weight is 350 g/mol. The zero-order chi connectivity index (χ0) is 16.4. The Kier molecular flexibility index (Phi) is 4.82. The van der Waals surface area contributed by atoms with Crippen molar-refractivity contribution in [3.05, 3.63) is 83.7 Å². The minimum atomic E-state index is 0. The van der Waals surface area contributed by atoms with Crippen LogP contribution in [-0.2, 0) is 13.0 Å². The number of aromatic nitrogens is 4. The first-order valence-corrected chi connectivity index (χ1v) is 7.72. The van der Waals surface area contributed by atoms with Crippen molar-refractivity contribution in [1.29, 1.82) is 5.26 Å². The van der Waals surface area contributed by atoms with Crippen LogP contribution >= 0.6 is 12.4 Å². The van der Waals surface area contributed by atoms with E-state index in [1.165, 1.54) is 0 Å². The Morgan fingerprint density at radius 3 is 2.76 bits per heavy atom.